The van der Waals surface area contributed by atoms with E-state index in [4.69, 9.17) is 9.47 Å². The fourth-order valence-corrected chi connectivity index (χ4v) is 2.71. The zero-order valence-corrected chi connectivity index (χ0v) is 15.2. The van der Waals surface area contributed by atoms with E-state index < -0.39 is 0 Å². The first-order valence-corrected chi connectivity index (χ1v) is 8.30. The van der Waals surface area contributed by atoms with Crippen LogP contribution in [-0.2, 0) is 4.79 Å². The van der Waals surface area contributed by atoms with Crippen molar-refractivity contribution >= 4 is 17.6 Å². The highest BCUT2D eigenvalue weighted by Gasteiger charge is 2.32. The Morgan fingerprint density at radius 1 is 1.28 bits per heavy atom. The van der Waals surface area contributed by atoms with Gasteiger partial charge in [0.1, 0.15) is 0 Å². The summed E-state index contributed by atoms with van der Waals surface area (Å²) in [6.45, 7) is 1.86. The number of ether oxygens (including phenoxy) is 2. The molecule has 3 amide bonds. The number of nitrogens with one attached hydrogen (secondary N) is 3. The Morgan fingerprint density at radius 2 is 2.00 bits per heavy atom. The molecule has 8 heteroatoms. The number of nitrogens with zero attached hydrogens (tertiary/aromatic N) is 1. The minimum atomic E-state index is -0.242. The fraction of sp³-hybridized carbons (Fsp3) is 0.529. The van der Waals surface area contributed by atoms with Gasteiger partial charge in [0, 0.05) is 24.7 Å². The molecule has 0 aliphatic carbocycles. The van der Waals surface area contributed by atoms with Crippen LogP contribution >= 0.6 is 0 Å². The molecule has 138 valence electrons. The summed E-state index contributed by atoms with van der Waals surface area (Å²) >= 11 is 0. The molecule has 1 aliphatic rings. The lowest BCUT2D eigenvalue weighted by Gasteiger charge is -2.19. The van der Waals surface area contributed by atoms with Crippen molar-refractivity contribution in [1.82, 2.24) is 10.6 Å². The van der Waals surface area contributed by atoms with Crippen molar-refractivity contribution in [2.24, 2.45) is 0 Å². The van der Waals surface area contributed by atoms with E-state index in [0.717, 1.165) is 12.2 Å². The smallest absolute Gasteiger partial charge is 0.315 e. The highest BCUT2D eigenvalue weighted by molar-refractivity contribution is 5.97. The van der Waals surface area contributed by atoms with Gasteiger partial charge in [-0.05, 0) is 12.1 Å². The number of carbonyl (C=O) groups excluding carboxylic acids is 2. The number of hydrogen-bond acceptors (Lipinski definition) is 4. The molecule has 3 N–H and O–H groups in total. The van der Waals surface area contributed by atoms with Gasteiger partial charge in [-0.2, -0.15) is 0 Å². The molecule has 0 spiro atoms. The molecule has 0 bridgehead atoms. The van der Waals surface area contributed by atoms with Gasteiger partial charge >= 0.3 is 6.03 Å². The molecule has 25 heavy (non-hydrogen) atoms. The lowest BCUT2D eigenvalue weighted by molar-refractivity contribution is -0.856. The number of urea groups is 1. The molecule has 1 aromatic rings. The number of quaternary nitrogens is 1. The molecule has 1 fully saturated rings. The molecule has 1 aliphatic heterocycles. The second-order valence-electron chi connectivity index (χ2n) is 6.30. The SMILES string of the molecule is COc1ccc(N2C[C@@H](NC(=O)NCC[NH+](C)C)CC2=O)cc1OC. The molecule has 1 aromatic carbocycles. The number of anilines is 1. The summed E-state index contributed by atoms with van der Waals surface area (Å²) in [5.41, 5.74) is 0.726. The molecule has 1 heterocycles. The lowest BCUT2D eigenvalue weighted by Crippen LogP contribution is -3.06. The van der Waals surface area contributed by atoms with Gasteiger partial charge in [-0.3, -0.25) is 4.79 Å². The van der Waals surface area contributed by atoms with Crippen LogP contribution in [0, 0.1) is 0 Å². The Morgan fingerprint density at radius 3 is 2.64 bits per heavy atom. The minimum absolute atomic E-state index is 0.0322. The number of likely N-dealkylation sites (N-methyl/N-ethyl adjacent to an activating group) is 1. The molecular formula is C17H27N4O4+. The number of rotatable bonds is 7. The van der Waals surface area contributed by atoms with Crippen molar-refractivity contribution in [2.45, 2.75) is 12.5 Å². The van der Waals surface area contributed by atoms with Crippen molar-refractivity contribution < 1.29 is 24.0 Å². The predicted octanol–water partition coefficient (Wildman–Crippen LogP) is -0.747. The average molecular weight is 351 g/mol. The molecule has 2 rings (SSSR count). The van der Waals surface area contributed by atoms with E-state index in [1.165, 1.54) is 4.90 Å². The molecular weight excluding hydrogens is 324 g/mol. The van der Waals surface area contributed by atoms with Gasteiger partial charge in [0.25, 0.3) is 0 Å². The summed E-state index contributed by atoms with van der Waals surface area (Å²) < 4.78 is 10.5. The van der Waals surface area contributed by atoms with E-state index >= 15 is 0 Å². The maximum atomic E-state index is 12.3. The molecule has 8 nitrogen and oxygen atoms in total. The maximum absolute atomic E-state index is 12.3. The average Bonchev–Trinajstić information content (AvgIpc) is 2.94. The number of carbonyl (C=O) groups is 2. The number of benzene rings is 1. The van der Waals surface area contributed by atoms with Crippen molar-refractivity contribution in [3.63, 3.8) is 0 Å². The van der Waals surface area contributed by atoms with Crippen LogP contribution in [0.25, 0.3) is 0 Å². The zero-order chi connectivity index (χ0) is 18.4. The van der Waals surface area contributed by atoms with E-state index in [-0.39, 0.29) is 24.4 Å². The van der Waals surface area contributed by atoms with Crippen LogP contribution in [0.5, 0.6) is 11.5 Å². The molecule has 0 radical (unpaired) electrons. The van der Waals surface area contributed by atoms with Gasteiger partial charge in [0.05, 0.1) is 47.4 Å². The predicted molar refractivity (Wildman–Crippen MR) is 94.5 cm³/mol. The summed E-state index contributed by atoms with van der Waals surface area (Å²) in [5.74, 6) is 1.14. The Kier molecular flexibility index (Phi) is 6.46. The van der Waals surface area contributed by atoms with E-state index in [0.29, 0.717) is 24.6 Å². The third kappa shape index (κ3) is 4.99. The summed E-state index contributed by atoms with van der Waals surface area (Å²) in [6.07, 6.45) is 0.278. The van der Waals surface area contributed by atoms with Crippen LogP contribution in [-0.4, -0.2) is 65.9 Å². The first-order valence-electron chi connectivity index (χ1n) is 8.30. The molecule has 0 aromatic heterocycles. The van der Waals surface area contributed by atoms with Gasteiger partial charge in [0.2, 0.25) is 5.91 Å². The second-order valence-corrected chi connectivity index (χ2v) is 6.30. The third-order valence-corrected chi connectivity index (χ3v) is 4.05. The Labute approximate surface area is 148 Å². The number of hydrogen-bond donors (Lipinski definition) is 3. The maximum Gasteiger partial charge on any atom is 0.315 e. The Balaban J connectivity index is 1.95. The Bertz CT molecular complexity index is 621. The van der Waals surface area contributed by atoms with E-state index in [1.807, 2.05) is 20.2 Å². The summed E-state index contributed by atoms with van der Waals surface area (Å²) in [6, 6.07) is 4.87. The standard InChI is InChI=1S/C17H26N4O4/c1-20(2)8-7-18-17(23)19-12-9-16(22)21(11-12)13-5-6-14(24-3)15(10-13)25-4/h5-6,10,12H,7-9,11H2,1-4H3,(H2,18,19,23)/p+1/t12-/m0/s1. The first kappa shape index (κ1) is 18.9. The highest BCUT2D eigenvalue weighted by Crippen LogP contribution is 2.33. The highest BCUT2D eigenvalue weighted by atomic mass is 16.5. The van der Waals surface area contributed by atoms with E-state index in [2.05, 4.69) is 10.6 Å². The van der Waals surface area contributed by atoms with E-state index in [1.54, 1.807) is 31.3 Å². The summed E-state index contributed by atoms with van der Waals surface area (Å²) in [5, 5.41) is 5.66. The lowest BCUT2D eigenvalue weighted by atomic mass is 10.2. The zero-order valence-electron chi connectivity index (χ0n) is 15.2. The van der Waals surface area contributed by atoms with Crippen molar-refractivity contribution in [3.05, 3.63) is 18.2 Å². The van der Waals surface area contributed by atoms with Gasteiger partial charge in [-0.15, -0.1) is 0 Å². The molecule has 0 saturated carbocycles. The van der Waals surface area contributed by atoms with Crippen LogP contribution < -0.4 is 29.9 Å². The van der Waals surface area contributed by atoms with Crippen LogP contribution in [0.15, 0.2) is 18.2 Å². The third-order valence-electron chi connectivity index (χ3n) is 4.05. The monoisotopic (exact) mass is 351 g/mol. The van der Waals surface area contributed by atoms with Crippen LogP contribution in [0.3, 0.4) is 0 Å². The molecule has 0 unspecified atom stereocenters. The number of methoxy groups -OCH3 is 2. The second kappa shape index (κ2) is 8.57. The molecule has 1 atom stereocenters. The van der Waals surface area contributed by atoms with Gasteiger partial charge in [-0.1, -0.05) is 0 Å². The quantitative estimate of drug-likeness (QED) is 0.604. The van der Waals surface area contributed by atoms with Crippen molar-refractivity contribution in [1.29, 1.82) is 0 Å². The Hall–Kier alpha value is -2.48. The summed E-state index contributed by atoms with van der Waals surface area (Å²) in [7, 11) is 7.17. The van der Waals surface area contributed by atoms with Gasteiger partial charge in [-0.25, -0.2) is 4.79 Å². The molecule has 1 saturated heterocycles. The fourth-order valence-electron chi connectivity index (χ4n) is 2.71. The van der Waals surface area contributed by atoms with Crippen LogP contribution in [0.4, 0.5) is 10.5 Å². The minimum Gasteiger partial charge on any atom is -0.493 e. The van der Waals surface area contributed by atoms with Gasteiger partial charge < -0.3 is 29.9 Å². The van der Waals surface area contributed by atoms with Crippen molar-refractivity contribution in [2.75, 3.05) is 52.8 Å². The number of amides is 3. The van der Waals surface area contributed by atoms with Gasteiger partial charge in [0.15, 0.2) is 11.5 Å². The van der Waals surface area contributed by atoms with Crippen molar-refractivity contribution in [3.8, 4) is 11.5 Å². The van der Waals surface area contributed by atoms with Crippen LogP contribution in [0.2, 0.25) is 0 Å². The normalized spacial score (nSPS) is 16.9. The van der Waals surface area contributed by atoms with Crippen LogP contribution in [0.1, 0.15) is 6.42 Å². The summed E-state index contributed by atoms with van der Waals surface area (Å²) in [4.78, 5) is 27.1. The van der Waals surface area contributed by atoms with E-state index in [9.17, 15) is 9.59 Å². The largest absolute Gasteiger partial charge is 0.493 e. The first-order chi connectivity index (χ1) is 11.9. The topological polar surface area (TPSA) is 84.3 Å².